The van der Waals surface area contributed by atoms with Crippen LogP contribution in [-0.4, -0.2) is 14.8 Å². The molecule has 2 heterocycles. The third-order valence-electron chi connectivity index (χ3n) is 4.04. The molecule has 24 heavy (non-hydrogen) atoms. The summed E-state index contributed by atoms with van der Waals surface area (Å²) in [7, 11) is 0. The molecule has 0 atom stereocenters. The number of para-hydroxylation sites is 1. The van der Waals surface area contributed by atoms with Gasteiger partial charge in [-0.15, -0.1) is 0 Å². The number of rotatable bonds is 3. The van der Waals surface area contributed by atoms with E-state index in [9.17, 15) is 4.79 Å². The molecule has 0 spiro atoms. The van der Waals surface area contributed by atoms with Crippen LogP contribution in [0.25, 0.3) is 27.7 Å². The second-order valence-electron chi connectivity index (χ2n) is 5.63. The van der Waals surface area contributed by atoms with Crippen molar-refractivity contribution in [2.45, 2.75) is 6.54 Å². The van der Waals surface area contributed by atoms with Crippen LogP contribution in [0.2, 0.25) is 0 Å². The Labute approximate surface area is 138 Å². The first kappa shape index (κ1) is 14.4. The summed E-state index contributed by atoms with van der Waals surface area (Å²) in [4.78, 5) is 15.5. The molecular weight excluding hydrogens is 300 g/mol. The fourth-order valence-corrected chi connectivity index (χ4v) is 2.79. The first-order valence-electron chi connectivity index (χ1n) is 7.71. The highest BCUT2D eigenvalue weighted by molar-refractivity contribution is 5.84. The number of nitrogens with zero attached hydrogens (tertiary/aromatic N) is 2. The van der Waals surface area contributed by atoms with Gasteiger partial charge in [-0.2, -0.15) is 5.10 Å². The molecule has 5 nitrogen and oxygen atoms in total. The number of aromatic amines is 1. The van der Waals surface area contributed by atoms with E-state index < -0.39 is 0 Å². The van der Waals surface area contributed by atoms with Gasteiger partial charge in [-0.05, 0) is 29.8 Å². The van der Waals surface area contributed by atoms with Gasteiger partial charge in [0.05, 0.1) is 11.9 Å². The van der Waals surface area contributed by atoms with Crippen molar-refractivity contribution in [3.8, 4) is 16.8 Å². The lowest BCUT2D eigenvalue weighted by Gasteiger charge is -2.04. The average Bonchev–Trinajstić information content (AvgIpc) is 3.12. The lowest BCUT2D eigenvalue weighted by Crippen LogP contribution is -2.08. The smallest absolute Gasteiger partial charge is 0.189 e. The maximum absolute atomic E-state index is 12.3. The Hall–Kier alpha value is -3.18. The van der Waals surface area contributed by atoms with Crippen molar-refractivity contribution in [3.63, 3.8) is 0 Å². The van der Waals surface area contributed by atoms with Crippen LogP contribution >= 0.6 is 0 Å². The zero-order chi connectivity index (χ0) is 16.5. The van der Waals surface area contributed by atoms with E-state index in [-0.39, 0.29) is 5.43 Å². The quantitative estimate of drug-likeness (QED) is 0.610. The van der Waals surface area contributed by atoms with Gasteiger partial charge in [0.2, 0.25) is 0 Å². The van der Waals surface area contributed by atoms with Gasteiger partial charge in [-0.3, -0.25) is 4.79 Å². The Balaban J connectivity index is 1.79. The van der Waals surface area contributed by atoms with Crippen molar-refractivity contribution in [1.82, 2.24) is 14.8 Å². The maximum Gasteiger partial charge on any atom is 0.189 e. The zero-order valence-electron chi connectivity index (χ0n) is 12.9. The molecule has 0 saturated heterocycles. The molecule has 0 aliphatic carbocycles. The Morgan fingerprint density at radius 2 is 1.88 bits per heavy atom. The second kappa shape index (κ2) is 5.79. The van der Waals surface area contributed by atoms with Gasteiger partial charge in [0, 0.05) is 41.0 Å². The van der Waals surface area contributed by atoms with E-state index in [1.54, 1.807) is 12.3 Å². The molecule has 2 aromatic heterocycles. The normalized spacial score (nSPS) is 11.0. The molecule has 5 heteroatoms. The highest BCUT2D eigenvalue weighted by Crippen LogP contribution is 2.23. The second-order valence-corrected chi connectivity index (χ2v) is 5.63. The van der Waals surface area contributed by atoms with Gasteiger partial charge < -0.3 is 10.7 Å². The molecule has 0 aliphatic rings. The van der Waals surface area contributed by atoms with E-state index in [1.807, 2.05) is 59.4 Å². The van der Waals surface area contributed by atoms with Crippen LogP contribution in [0.15, 0.2) is 71.8 Å². The zero-order valence-corrected chi connectivity index (χ0v) is 12.9. The molecule has 2 aromatic carbocycles. The predicted molar refractivity (Wildman–Crippen MR) is 95.0 cm³/mol. The molecule has 3 N–H and O–H groups in total. The van der Waals surface area contributed by atoms with Crippen LogP contribution < -0.4 is 11.2 Å². The summed E-state index contributed by atoms with van der Waals surface area (Å²) in [6.07, 6.45) is 3.76. The summed E-state index contributed by atoms with van der Waals surface area (Å²) in [5.74, 6) is 0. The van der Waals surface area contributed by atoms with Crippen LogP contribution in [0.3, 0.4) is 0 Å². The Kier molecular flexibility index (Phi) is 3.48. The number of benzene rings is 2. The lowest BCUT2D eigenvalue weighted by molar-refractivity contribution is 0.881. The molecule has 4 rings (SSSR count). The molecule has 0 saturated carbocycles. The summed E-state index contributed by atoms with van der Waals surface area (Å²) >= 11 is 0. The maximum atomic E-state index is 12.3. The van der Waals surface area contributed by atoms with Crippen molar-refractivity contribution < 1.29 is 0 Å². The molecule has 4 aromatic rings. The molecule has 0 unspecified atom stereocenters. The fourth-order valence-electron chi connectivity index (χ4n) is 2.79. The summed E-state index contributed by atoms with van der Waals surface area (Å²) in [5.41, 5.74) is 10.0. The van der Waals surface area contributed by atoms with Crippen molar-refractivity contribution in [1.29, 1.82) is 0 Å². The number of aromatic nitrogens is 3. The van der Waals surface area contributed by atoms with E-state index >= 15 is 0 Å². The number of fused-ring (bicyclic) bond motifs is 1. The summed E-state index contributed by atoms with van der Waals surface area (Å²) in [5, 5.41) is 5.06. The fraction of sp³-hybridized carbons (Fsp3) is 0.0526. The van der Waals surface area contributed by atoms with Gasteiger partial charge in [0.25, 0.3) is 0 Å². The molecule has 0 fully saturated rings. The summed E-state index contributed by atoms with van der Waals surface area (Å²) in [6, 6.07) is 17.2. The standard InChI is InChI=1S/C19H16N4O/c20-10-15-9-19(24)17-8-13(6-7-18(17)22-15)14-11-21-23(12-14)16-4-2-1-3-5-16/h1-9,11-12H,10,20H2,(H,22,24). The van der Waals surface area contributed by atoms with Crippen molar-refractivity contribution in [2.75, 3.05) is 0 Å². The van der Waals surface area contributed by atoms with Crippen LogP contribution in [0.1, 0.15) is 5.69 Å². The lowest BCUT2D eigenvalue weighted by atomic mass is 10.1. The van der Waals surface area contributed by atoms with Crippen LogP contribution in [-0.2, 0) is 6.54 Å². The number of pyridine rings is 1. The van der Waals surface area contributed by atoms with Crippen LogP contribution in [0.5, 0.6) is 0 Å². The first-order chi connectivity index (χ1) is 11.7. The largest absolute Gasteiger partial charge is 0.357 e. The number of nitrogens with two attached hydrogens (primary N) is 1. The number of H-pyrrole nitrogens is 1. The molecule has 0 bridgehead atoms. The predicted octanol–water partition coefficient (Wildman–Crippen LogP) is 2.84. The van der Waals surface area contributed by atoms with Crippen molar-refractivity contribution >= 4 is 10.9 Å². The first-order valence-corrected chi connectivity index (χ1v) is 7.71. The van der Waals surface area contributed by atoms with Gasteiger partial charge >= 0.3 is 0 Å². The molecule has 0 aliphatic heterocycles. The van der Waals surface area contributed by atoms with Crippen LogP contribution in [0, 0.1) is 0 Å². The Bertz CT molecular complexity index is 1060. The molecule has 0 radical (unpaired) electrons. The number of nitrogens with one attached hydrogen (secondary N) is 1. The van der Waals surface area contributed by atoms with Gasteiger partial charge in [0.1, 0.15) is 0 Å². The van der Waals surface area contributed by atoms with Gasteiger partial charge in [-0.1, -0.05) is 24.3 Å². The summed E-state index contributed by atoms with van der Waals surface area (Å²) < 4.78 is 1.82. The minimum Gasteiger partial charge on any atom is -0.357 e. The topological polar surface area (TPSA) is 76.7 Å². The average molecular weight is 316 g/mol. The minimum atomic E-state index is -0.0264. The third-order valence-corrected chi connectivity index (χ3v) is 4.04. The molecule has 0 amide bonds. The Morgan fingerprint density at radius 1 is 1.04 bits per heavy atom. The van der Waals surface area contributed by atoms with E-state index in [0.29, 0.717) is 11.9 Å². The highest BCUT2D eigenvalue weighted by atomic mass is 16.1. The SMILES string of the molecule is NCc1cc(=O)c2cc(-c3cnn(-c4ccccc4)c3)ccc2[nH]1. The minimum absolute atomic E-state index is 0.0264. The van der Waals surface area contributed by atoms with E-state index in [2.05, 4.69) is 10.1 Å². The highest BCUT2D eigenvalue weighted by Gasteiger charge is 2.07. The number of hydrogen-bond acceptors (Lipinski definition) is 3. The van der Waals surface area contributed by atoms with Gasteiger partial charge in [-0.25, -0.2) is 4.68 Å². The molecule has 118 valence electrons. The van der Waals surface area contributed by atoms with E-state index in [0.717, 1.165) is 28.0 Å². The Morgan fingerprint density at radius 3 is 2.67 bits per heavy atom. The molecular formula is C19H16N4O. The van der Waals surface area contributed by atoms with Crippen molar-refractivity contribution in [3.05, 3.63) is 82.9 Å². The van der Waals surface area contributed by atoms with Gasteiger partial charge in [0.15, 0.2) is 5.43 Å². The van der Waals surface area contributed by atoms with Crippen molar-refractivity contribution in [2.24, 2.45) is 5.73 Å². The third kappa shape index (κ3) is 2.51. The van der Waals surface area contributed by atoms with E-state index in [1.165, 1.54) is 0 Å². The monoisotopic (exact) mass is 316 g/mol. The number of hydrogen-bond donors (Lipinski definition) is 2. The summed E-state index contributed by atoms with van der Waals surface area (Å²) in [6.45, 7) is 0.316. The van der Waals surface area contributed by atoms with E-state index in [4.69, 9.17) is 5.73 Å². The van der Waals surface area contributed by atoms with Crippen LogP contribution in [0.4, 0.5) is 0 Å².